The molecule has 0 amide bonds. The van der Waals surface area contributed by atoms with Crippen LogP contribution in [0.5, 0.6) is 5.75 Å². The third-order valence-corrected chi connectivity index (χ3v) is 5.04. The number of nitro benzene ring substituents is 1. The van der Waals surface area contributed by atoms with E-state index in [2.05, 4.69) is 23.5 Å². The predicted molar refractivity (Wildman–Crippen MR) is 92.4 cm³/mol. The molecule has 0 saturated carbocycles. The number of non-ortho nitro benzene ring substituents is 1. The highest BCUT2D eigenvalue weighted by Gasteiger charge is 2.38. The third kappa shape index (κ3) is 2.24. The molecule has 1 aliphatic heterocycles. The first-order valence-electron chi connectivity index (χ1n) is 8.03. The summed E-state index contributed by atoms with van der Waals surface area (Å²) in [5.74, 6) is 1.58. The van der Waals surface area contributed by atoms with Crippen molar-refractivity contribution in [2.75, 3.05) is 12.4 Å². The van der Waals surface area contributed by atoms with Gasteiger partial charge in [-0.15, -0.1) is 0 Å². The van der Waals surface area contributed by atoms with Crippen LogP contribution in [-0.4, -0.2) is 12.0 Å². The summed E-state index contributed by atoms with van der Waals surface area (Å²) in [4.78, 5) is 10.5. The van der Waals surface area contributed by atoms with Crippen molar-refractivity contribution < 1.29 is 9.66 Å². The number of nitrogens with one attached hydrogen (secondary N) is 1. The van der Waals surface area contributed by atoms with Crippen LogP contribution in [0, 0.1) is 16.0 Å². The number of fused-ring (bicyclic) bond motifs is 3. The van der Waals surface area contributed by atoms with Gasteiger partial charge in [0.15, 0.2) is 0 Å². The highest BCUT2D eigenvalue weighted by molar-refractivity contribution is 5.67. The summed E-state index contributed by atoms with van der Waals surface area (Å²) in [5, 5.41) is 14.5. The quantitative estimate of drug-likeness (QED) is 0.516. The minimum atomic E-state index is -0.365. The van der Waals surface area contributed by atoms with Crippen LogP contribution in [-0.2, 0) is 0 Å². The first kappa shape index (κ1) is 14.8. The molecule has 2 aromatic rings. The molecule has 0 bridgehead atoms. The highest BCUT2D eigenvalue weighted by Crippen LogP contribution is 2.52. The minimum Gasteiger partial charge on any atom is -0.495 e. The number of rotatable bonds is 3. The summed E-state index contributed by atoms with van der Waals surface area (Å²) in [5.41, 5.74) is 3.46. The maximum Gasteiger partial charge on any atom is 0.269 e. The molecular formula is C19H18N2O3. The molecule has 3 atom stereocenters. The molecule has 2 aliphatic rings. The van der Waals surface area contributed by atoms with Gasteiger partial charge in [0.1, 0.15) is 5.75 Å². The Kier molecular flexibility index (Phi) is 3.49. The van der Waals surface area contributed by atoms with Crippen LogP contribution in [0.2, 0.25) is 0 Å². The summed E-state index contributed by atoms with van der Waals surface area (Å²) in [7, 11) is 1.68. The smallest absolute Gasteiger partial charge is 0.269 e. The van der Waals surface area contributed by atoms with Crippen molar-refractivity contribution >= 4 is 11.4 Å². The van der Waals surface area contributed by atoms with Crippen LogP contribution in [0.3, 0.4) is 0 Å². The van der Waals surface area contributed by atoms with Gasteiger partial charge in [0.2, 0.25) is 0 Å². The lowest BCUT2D eigenvalue weighted by atomic mass is 9.77. The second-order valence-electron chi connectivity index (χ2n) is 6.25. The summed E-state index contributed by atoms with van der Waals surface area (Å²) in [6.45, 7) is 0. The molecule has 0 fully saturated rings. The van der Waals surface area contributed by atoms with Crippen LogP contribution >= 0.6 is 0 Å². The van der Waals surface area contributed by atoms with E-state index in [1.54, 1.807) is 19.2 Å². The Morgan fingerprint density at radius 1 is 1.21 bits per heavy atom. The van der Waals surface area contributed by atoms with Crippen LogP contribution < -0.4 is 10.1 Å². The Morgan fingerprint density at radius 3 is 2.71 bits per heavy atom. The second kappa shape index (κ2) is 5.67. The first-order valence-corrected chi connectivity index (χ1v) is 8.03. The standard InChI is InChI=1S/C19H18N2O3/c1-24-17-7-3-6-16-14-4-2-5-15(14)18(20-19(16)17)12-8-10-13(11-9-12)21(22)23/h2-4,6-11,14-15,18,20H,5H2,1H3/t14-,15+,18+/m0/s1. The van der Waals surface area contributed by atoms with E-state index in [1.807, 2.05) is 24.3 Å². The molecule has 5 nitrogen and oxygen atoms in total. The van der Waals surface area contributed by atoms with Crippen molar-refractivity contribution in [1.29, 1.82) is 0 Å². The fourth-order valence-electron chi connectivity index (χ4n) is 3.90. The van der Waals surface area contributed by atoms with Crippen LogP contribution in [0.4, 0.5) is 11.4 Å². The van der Waals surface area contributed by atoms with Crippen molar-refractivity contribution in [1.82, 2.24) is 0 Å². The van der Waals surface area contributed by atoms with E-state index in [0.717, 1.165) is 23.4 Å². The number of hydrogen-bond acceptors (Lipinski definition) is 4. The Hall–Kier alpha value is -2.82. The lowest BCUT2D eigenvalue weighted by Gasteiger charge is -2.38. The number of nitrogens with zero attached hydrogens (tertiary/aromatic N) is 1. The fraction of sp³-hybridized carbons (Fsp3) is 0.263. The molecule has 5 heteroatoms. The van der Waals surface area contributed by atoms with E-state index in [4.69, 9.17) is 4.74 Å². The monoisotopic (exact) mass is 322 g/mol. The van der Waals surface area contributed by atoms with Gasteiger partial charge in [-0.3, -0.25) is 10.1 Å². The molecule has 0 aromatic heterocycles. The van der Waals surface area contributed by atoms with E-state index in [0.29, 0.717) is 11.8 Å². The summed E-state index contributed by atoms with van der Waals surface area (Å²) < 4.78 is 5.52. The van der Waals surface area contributed by atoms with Gasteiger partial charge in [-0.2, -0.15) is 0 Å². The minimum absolute atomic E-state index is 0.106. The molecule has 4 rings (SSSR count). The molecule has 1 aliphatic carbocycles. The lowest BCUT2D eigenvalue weighted by molar-refractivity contribution is -0.384. The van der Waals surface area contributed by atoms with Crippen molar-refractivity contribution in [3.8, 4) is 5.75 Å². The number of anilines is 1. The van der Waals surface area contributed by atoms with E-state index in [-0.39, 0.29) is 16.7 Å². The van der Waals surface area contributed by atoms with Crippen LogP contribution in [0.15, 0.2) is 54.6 Å². The van der Waals surface area contributed by atoms with Crippen molar-refractivity contribution in [2.24, 2.45) is 5.92 Å². The topological polar surface area (TPSA) is 64.4 Å². The first-order chi connectivity index (χ1) is 11.7. The highest BCUT2D eigenvalue weighted by atomic mass is 16.6. The number of nitro groups is 1. The number of hydrogen-bond donors (Lipinski definition) is 1. The number of allylic oxidation sites excluding steroid dienone is 2. The Bertz CT molecular complexity index is 814. The van der Waals surface area contributed by atoms with Gasteiger partial charge in [-0.05, 0) is 29.5 Å². The average molecular weight is 322 g/mol. The largest absolute Gasteiger partial charge is 0.495 e. The van der Waals surface area contributed by atoms with Gasteiger partial charge < -0.3 is 10.1 Å². The van der Waals surface area contributed by atoms with Gasteiger partial charge in [0.05, 0.1) is 23.8 Å². The van der Waals surface area contributed by atoms with Crippen molar-refractivity contribution in [3.63, 3.8) is 0 Å². The Balaban J connectivity index is 1.76. The molecular weight excluding hydrogens is 304 g/mol. The van der Waals surface area contributed by atoms with E-state index < -0.39 is 0 Å². The predicted octanol–water partition coefficient (Wildman–Crippen LogP) is 4.43. The van der Waals surface area contributed by atoms with Crippen molar-refractivity contribution in [3.05, 3.63) is 75.9 Å². The molecule has 2 aromatic carbocycles. The fourth-order valence-corrected chi connectivity index (χ4v) is 3.90. The number of para-hydroxylation sites is 1. The molecule has 122 valence electrons. The van der Waals surface area contributed by atoms with Gasteiger partial charge >= 0.3 is 0 Å². The molecule has 0 unspecified atom stereocenters. The normalized spacial score (nSPS) is 24.0. The SMILES string of the molecule is COc1cccc2c1N[C@H](c1ccc([N+](=O)[O-])cc1)[C@@H]1CC=C[C@H]21. The zero-order valence-corrected chi connectivity index (χ0v) is 13.3. The maximum atomic E-state index is 10.9. The van der Waals surface area contributed by atoms with Gasteiger partial charge in [-0.25, -0.2) is 0 Å². The third-order valence-electron chi connectivity index (χ3n) is 5.04. The molecule has 0 saturated heterocycles. The number of methoxy groups -OCH3 is 1. The molecule has 1 N–H and O–H groups in total. The summed E-state index contributed by atoms with van der Waals surface area (Å²) in [6, 6.07) is 13.1. The van der Waals surface area contributed by atoms with Gasteiger partial charge in [-0.1, -0.05) is 36.4 Å². The van der Waals surface area contributed by atoms with Gasteiger partial charge in [0, 0.05) is 18.1 Å². The Labute approximate surface area is 140 Å². The lowest BCUT2D eigenvalue weighted by Crippen LogP contribution is -2.29. The summed E-state index contributed by atoms with van der Waals surface area (Å²) >= 11 is 0. The van der Waals surface area contributed by atoms with E-state index >= 15 is 0 Å². The zero-order chi connectivity index (χ0) is 16.7. The van der Waals surface area contributed by atoms with Crippen LogP contribution in [0.25, 0.3) is 0 Å². The second-order valence-corrected chi connectivity index (χ2v) is 6.25. The summed E-state index contributed by atoms with van der Waals surface area (Å²) in [6.07, 6.45) is 5.49. The van der Waals surface area contributed by atoms with E-state index in [1.165, 1.54) is 5.56 Å². The number of benzene rings is 2. The number of ether oxygens (including phenoxy) is 1. The van der Waals surface area contributed by atoms with Crippen molar-refractivity contribution in [2.45, 2.75) is 18.4 Å². The molecule has 0 spiro atoms. The Morgan fingerprint density at radius 2 is 2.00 bits per heavy atom. The molecule has 1 heterocycles. The van der Waals surface area contributed by atoms with Crippen LogP contribution in [0.1, 0.15) is 29.5 Å². The zero-order valence-electron chi connectivity index (χ0n) is 13.3. The maximum absolute atomic E-state index is 10.9. The van der Waals surface area contributed by atoms with E-state index in [9.17, 15) is 10.1 Å². The van der Waals surface area contributed by atoms with Gasteiger partial charge in [0.25, 0.3) is 5.69 Å². The average Bonchev–Trinajstić information content (AvgIpc) is 3.10. The molecule has 0 radical (unpaired) electrons. The molecule has 24 heavy (non-hydrogen) atoms.